The average Bonchev–Trinajstić information content (AvgIpc) is 2.58. The maximum Gasteiger partial charge on any atom is 0.229 e. The second-order valence-corrected chi connectivity index (χ2v) is 10.6. The zero-order chi connectivity index (χ0) is 20.1. The van der Waals surface area contributed by atoms with Crippen LogP contribution >= 0.6 is 0 Å². The summed E-state index contributed by atoms with van der Waals surface area (Å²) in [6, 6.07) is 6.77. The molecule has 1 heterocycles. The molecule has 27 heavy (non-hydrogen) atoms. The standard InChI is InChI=1S/C17H27N3O5S2/c1-3-10-27(24,25)20-9-5-7-15(13-20)17(21)18-12-14-6-4-8-16(11-14)19-26(2,22)23/h4,6,8,11,15,19H,3,5,7,9-10,12-13H2,1-2H3,(H,18,21)/t15-/m0/s1. The summed E-state index contributed by atoms with van der Waals surface area (Å²) in [5.74, 6) is -0.461. The predicted octanol–water partition coefficient (Wildman–Crippen LogP) is 1.13. The summed E-state index contributed by atoms with van der Waals surface area (Å²) in [6.45, 7) is 2.74. The van der Waals surface area contributed by atoms with Gasteiger partial charge in [-0.05, 0) is 37.0 Å². The highest BCUT2D eigenvalue weighted by Gasteiger charge is 2.31. The zero-order valence-corrected chi connectivity index (χ0v) is 17.3. The van der Waals surface area contributed by atoms with Gasteiger partial charge in [0.05, 0.1) is 17.9 Å². The zero-order valence-electron chi connectivity index (χ0n) is 15.6. The number of carbonyl (C=O) groups is 1. The lowest BCUT2D eigenvalue weighted by atomic mass is 9.99. The molecule has 1 fully saturated rings. The van der Waals surface area contributed by atoms with E-state index >= 15 is 0 Å². The Kier molecular flexibility index (Phi) is 7.24. The highest BCUT2D eigenvalue weighted by molar-refractivity contribution is 7.92. The maximum atomic E-state index is 12.5. The van der Waals surface area contributed by atoms with Crippen molar-refractivity contribution in [2.24, 2.45) is 5.92 Å². The third-order valence-electron chi connectivity index (χ3n) is 4.31. The van der Waals surface area contributed by atoms with E-state index in [0.29, 0.717) is 31.5 Å². The fraction of sp³-hybridized carbons (Fsp3) is 0.588. The first kappa shape index (κ1) is 21.6. The molecule has 0 aromatic heterocycles. The van der Waals surface area contributed by atoms with Crippen LogP contribution in [0.4, 0.5) is 5.69 Å². The number of piperidine rings is 1. The van der Waals surface area contributed by atoms with Gasteiger partial charge in [-0.25, -0.2) is 21.1 Å². The minimum Gasteiger partial charge on any atom is -0.352 e. The molecular weight excluding hydrogens is 390 g/mol. The normalized spacial score (nSPS) is 18.8. The lowest BCUT2D eigenvalue weighted by molar-refractivity contribution is -0.126. The van der Waals surface area contributed by atoms with Gasteiger partial charge in [-0.1, -0.05) is 19.1 Å². The Morgan fingerprint density at radius 3 is 2.67 bits per heavy atom. The minimum atomic E-state index is -3.37. The summed E-state index contributed by atoms with van der Waals surface area (Å²) in [4.78, 5) is 12.5. The number of hydrogen-bond acceptors (Lipinski definition) is 5. The fourth-order valence-electron chi connectivity index (χ4n) is 3.09. The van der Waals surface area contributed by atoms with Crippen molar-refractivity contribution < 1.29 is 21.6 Å². The van der Waals surface area contributed by atoms with E-state index in [0.717, 1.165) is 11.8 Å². The van der Waals surface area contributed by atoms with Crippen molar-refractivity contribution in [3.63, 3.8) is 0 Å². The van der Waals surface area contributed by atoms with Gasteiger partial charge in [0.25, 0.3) is 0 Å². The van der Waals surface area contributed by atoms with Crippen LogP contribution in [0.25, 0.3) is 0 Å². The summed E-state index contributed by atoms with van der Waals surface area (Å²) in [6.07, 6.45) is 2.94. The molecule has 0 saturated carbocycles. The summed E-state index contributed by atoms with van der Waals surface area (Å²) in [5, 5.41) is 2.83. The van der Waals surface area contributed by atoms with E-state index in [1.165, 1.54) is 4.31 Å². The van der Waals surface area contributed by atoms with Gasteiger partial charge in [0, 0.05) is 25.3 Å². The quantitative estimate of drug-likeness (QED) is 0.658. The molecule has 1 aliphatic heterocycles. The molecule has 10 heteroatoms. The van der Waals surface area contributed by atoms with Gasteiger partial charge < -0.3 is 5.32 Å². The SMILES string of the molecule is CCCS(=O)(=O)N1CCC[C@H](C(=O)NCc2cccc(NS(C)(=O)=O)c2)C1. The third kappa shape index (κ3) is 6.78. The lowest BCUT2D eigenvalue weighted by Gasteiger charge is -2.31. The summed E-state index contributed by atoms with van der Waals surface area (Å²) >= 11 is 0. The molecule has 2 N–H and O–H groups in total. The molecule has 0 radical (unpaired) electrons. The maximum absolute atomic E-state index is 12.5. The summed E-state index contributed by atoms with van der Waals surface area (Å²) in [5.41, 5.74) is 1.18. The third-order valence-corrected chi connectivity index (χ3v) is 6.96. The van der Waals surface area contributed by atoms with E-state index in [2.05, 4.69) is 10.0 Å². The number of amides is 1. The number of benzene rings is 1. The largest absolute Gasteiger partial charge is 0.352 e. The molecular formula is C17H27N3O5S2. The molecule has 1 saturated heterocycles. The van der Waals surface area contributed by atoms with Gasteiger partial charge in [-0.2, -0.15) is 0 Å². The van der Waals surface area contributed by atoms with Crippen molar-refractivity contribution in [3.8, 4) is 0 Å². The Balaban J connectivity index is 1.94. The molecule has 2 rings (SSSR count). The van der Waals surface area contributed by atoms with Crippen molar-refractivity contribution in [3.05, 3.63) is 29.8 Å². The van der Waals surface area contributed by atoms with E-state index < -0.39 is 20.0 Å². The number of anilines is 1. The van der Waals surface area contributed by atoms with Crippen LogP contribution in [-0.2, 0) is 31.4 Å². The molecule has 1 aliphatic rings. The van der Waals surface area contributed by atoms with Gasteiger partial charge in [0.15, 0.2) is 0 Å². The number of sulfonamides is 2. The molecule has 1 aromatic rings. The Morgan fingerprint density at radius 2 is 2.00 bits per heavy atom. The first-order valence-electron chi connectivity index (χ1n) is 8.93. The Bertz CT molecular complexity index is 868. The minimum absolute atomic E-state index is 0.0987. The van der Waals surface area contributed by atoms with Crippen molar-refractivity contribution in [1.29, 1.82) is 0 Å². The molecule has 8 nitrogen and oxygen atoms in total. The fourth-order valence-corrected chi connectivity index (χ4v) is 5.23. The summed E-state index contributed by atoms with van der Waals surface area (Å²) < 4.78 is 50.9. The number of nitrogens with zero attached hydrogens (tertiary/aromatic N) is 1. The van der Waals surface area contributed by atoms with Crippen LogP contribution in [0, 0.1) is 5.92 Å². The van der Waals surface area contributed by atoms with Crippen molar-refractivity contribution in [2.75, 3.05) is 29.8 Å². The molecule has 0 unspecified atom stereocenters. The van der Waals surface area contributed by atoms with Crippen molar-refractivity contribution in [1.82, 2.24) is 9.62 Å². The van der Waals surface area contributed by atoms with Crippen LogP contribution in [0.15, 0.2) is 24.3 Å². The van der Waals surface area contributed by atoms with Gasteiger partial charge in [0.1, 0.15) is 0 Å². The number of nitrogens with one attached hydrogen (secondary N) is 2. The molecule has 0 bridgehead atoms. The van der Waals surface area contributed by atoms with Gasteiger partial charge in [-0.15, -0.1) is 0 Å². The molecule has 1 atom stereocenters. The molecule has 0 spiro atoms. The highest BCUT2D eigenvalue weighted by atomic mass is 32.2. The van der Waals surface area contributed by atoms with E-state index in [4.69, 9.17) is 0 Å². The predicted molar refractivity (Wildman–Crippen MR) is 105 cm³/mol. The van der Waals surface area contributed by atoms with Gasteiger partial charge in [-0.3, -0.25) is 9.52 Å². The summed E-state index contributed by atoms with van der Waals surface area (Å²) in [7, 11) is -6.67. The van der Waals surface area contributed by atoms with Crippen molar-refractivity contribution in [2.45, 2.75) is 32.7 Å². The van der Waals surface area contributed by atoms with Gasteiger partial charge in [0.2, 0.25) is 26.0 Å². The molecule has 0 aliphatic carbocycles. The monoisotopic (exact) mass is 417 g/mol. The van der Waals surface area contributed by atoms with Crippen LogP contribution in [0.1, 0.15) is 31.7 Å². The molecule has 152 valence electrons. The number of rotatable bonds is 8. The molecule has 1 amide bonds. The number of hydrogen-bond donors (Lipinski definition) is 2. The van der Waals surface area contributed by atoms with Crippen molar-refractivity contribution >= 4 is 31.6 Å². The van der Waals surface area contributed by atoms with Crippen LogP contribution in [0.2, 0.25) is 0 Å². The lowest BCUT2D eigenvalue weighted by Crippen LogP contribution is -2.45. The first-order chi connectivity index (χ1) is 12.6. The Labute approximate surface area is 161 Å². The van der Waals surface area contributed by atoms with Gasteiger partial charge >= 0.3 is 0 Å². The highest BCUT2D eigenvalue weighted by Crippen LogP contribution is 2.20. The van der Waals surface area contributed by atoms with Crippen LogP contribution in [0.5, 0.6) is 0 Å². The second kappa shape index (κ2) is 9.03. The topological polar surface area (TPSA) is 113 Å². The Hall–Kier alpha value is -1.65. The molecule has 1 aromatic carbocycles. The van der Waals surface area contributed by atoms with E-state index in [9.17, 15) is 21.6 Å². The van der Waals surface area contributed by atoms with E-state index in [1.54, 1.807) is 24.3 Å². The van der Waals surface area contributed by atoms with Crippen LogP contribution < -0.4 is 10.0 Å². The Morgan fingerprint density at radius 1 is 1.26 bits per heavy atom. The average molecular weight is 418 g/mol. The second-order valence-electron chi connectivity index (χ2n) is 6.81. The first-order valence-corrected chi connectivity index (χ1v) is 12.4. The number of carbonyl (C=O) groups excluding carboxylic acids is 1. The van der Waals surface area contributed by atoms with Crippen LogP contribution in [0.3, 0.4) is 0 Å². The van der Waals surface area contributed by atoms with E-state index in [-0.39, 0.29) is 30.7 Å². The van der Waals surface area contributed by atoms with Crippen LogP contribution in [-0.4, -0.2) is 52.1 Å². The smallest absolute Gasteiger partial charge is 0.229 e. The van der Waals surface area contributed by atoms with E-state index in [1.807, 2.05) is 6.92 Å².